The summed E-state index contributed by atoms with van der Waals surface area (Å²) >= 11 is 3.21. The molecule has 1 amide bonds. The van der Waals surface area contributed by atoms with Gasteiger partial charge in [0.2, 0.25) is 0 Å². The minimum absolute atomic E-state index is 0.0228. The molecule has 1 aromatic heterocycles. The van der Waals surface area contributed by atoms with Gasteiger partial charge >= 0.3 is 18.4 Å². The fourth-order valence-electron chi connectivity index (χ4n) is 2.73. The van der Waals surface area contributed by atoms with E-state index >= 15 is 0 Å². The average Bonchev–Trinajstić information content (AvgIpc) is 2.97. The van der Waals surface area contributed by atoms with Crippen LogP contribution in [0.4, 0.5) is 31.1 Å². The Bertz CT molecular complexity index is 861. The zero-order chi connectivity index (χ0) is 20.7. The van der Waals surface area contributed by atoms with E-state index in [9.17, 15) is 31.1 Å². The molecule has 2 heterocycles. The number of benzene rings is 1. The van der Waals surface area contributed by atoms with E-state index in [2.05, 4.69) is 21.0 Å². The largest absolute Gasteiger partial charge is 0.445 e. The van der Waals surface area contributed by atoms with Crippen LogP contribution in [0.15, 0.2) is 28.9 Å². The molecular formula is C16H12BrF6N3O2. The Morgan fingerprint density at radius 2 is 1.64 bits per heavy atom. The molecule has 0 unspecified atom stereocenters. The van der Waals surface area contributed by atoms with Gasteiger partial charge in [0, 0.05) is 6.54 Å². The Labute approximate surface area is 163 Å². The van der Waals surface area contributed by atoms with Crippen LogP contribution in [0.25, 0.3) is 0 Å². The molecule has 12 heteroatoms. The van der Waals surface area contributed by atoms with E-state index < -0.39 is 41.7 Å². The van der Waals surface area contributed by atoms with Crippen LogP contribution in [-0.2, 0) is 36.8 Å². The summed E-state index contributed by atoms with van der Waals surface area (Å²) in [6.07, 6.45) is -10.8. The number of rotatable bonds is 2. The Morgan fingerprint density at radius 1 is 1.04 bits per heavy atom. The highest BCUT2D eigenvalue weighted by Gasteiger charge is 2.37. The van der Waals surface area contributed by atoms with Gasteiger partial charge in [-0.1, -0.05) is 0 Å². The molecule has 0 spiro atoms. The highest BCUT2D eigenvalue weighted by molar-refractivity contribution is 9.10. The summed E-state index contributed by atoms with van der Waals surface area (Å²) in [5.74, 6) is 0. The van der Waals surface area contributed by atoms with E-state index in [-0.39, 0.29) is 19.2 Å². The predicted octanol–water partition coefficient (Wildman–Crippen LogP) is 4.84. The second-order valence-electron chi connectivity index (χ2n) is 6.07. The van der Waals surface area contributed by atoms with E-state index in [4.69, 9.17) is 4.74 Å². The molecule has 152 valence electrons. The first kappa shape index (κ1) is 20.5. The molecule has 0 radical (unpaired) electrons. The van der Waals surface area contributed by atoms with Crippen molar-refractivity contribution in [1.82, 2.24) is 14.7 Å². The first-order valence-corrected chi connectivity index (χ1v) is 8.65. The average molecular weight is 472 g/mol. The third kappa shape index (κ3) is 4.59. The Balaban J connectivity index is 1.72. The third-order valence-corrected chi connectivity index (χ3v) is 4.42. The molecule has 28 heavy (non-hydrogen) atoms. The van der Waals surface area contributed by atoms with Crippen LogP contribution in [0.3, 0.4) is 0 Å². The number of aromatic nitrogens is 2. The summed E-state index contributed by atoms with van der Waals surface area (Å²) in [6.45, 7) is 0.0767. The lowest BCUT2D eigenvalue weighted by Crippen LogP contribution is -2.38. The maximum atomic E-state index is 12.9. The van der Waals surface area contributed by atoms with Gasteiger partial charge in [0.1, 0.15) is 11.2 Å². The molecule has 0 aliphatic carbocycles. The van der Waals surface area contributed by atoms with Crippen molar-refractivity contribution in [3.63, 3.8) is 0 Å². The van der Waals surface area contributed by atoms with Gasteiger partial charge in [0.05, 0.1) is 29.9 Å². The second-order valence-corrected chi connectivity index (χ2v) is 6.88. The monoisotopic (exact) mass is 471 g/mol. The number of halogens is 7. The molecule has 0 atom stereocenters. The quantitative estimate of drug-likeness (QED) is 0.589. The molecule has 0 saturated carbocycles. The first-order valence-electron chi connectivity index (χ1n) is 7.86. The van der Waals surface area contributed by atoms with Gasteiger partial charge in [-0.3, -0.25) is 4.68 Å². The second kappa shape index (κ2) is 7.30. The zero-order valence-electron chi connectivity index (χ0n) is 13.9. The van der Waals surface area contributed by atoms with Crippen LogP contribution in [0.5, 0.6) is 0 Å². The first-order chi connectivity index (χ1) is 12.9. The molecule has 5 nitrogen and oxygen atoms in total. The van der Waals surface area contributed by atoms with Crippen LogP contribution in [0.1, 0.15) is 22.4 Å². The molecule has 0 saturated heterocycles. The van der Waals surface area contributed by atoms with Gasteiger partial charge in [0.25, 0.3) is 0 Å². The van der Waals surface area contributed by atoms with Crippen molar-refractivity contribution in [2.45, 2.75) is 32.0 Å². The number of nitrogens with zero attached hydrogens (tertiary/aromatic N) is 3. The number of ether oxygens (including phenoxy) is 1. The lowest BCUT2D eigenvalue weighted by Gasteiger charge is -2.27. The van der Waals surface area contributed by atoms with Crippen LogP contribution in [0.2, 0.25) is 0 Å². The lowest BCUT2D eigenvalue weighted by molar-refractivity contribution is -0.143. The topological polar surface area (TPSA) is 47.4 Å². The van der Waals surface area contributed by atoms with Crippen LogP contribution >= 0.6 is 15.9 Å². The van der Waals surface area contributed by atoms with Crippen molar-refractivity contribution in [1.29, 1.82) is 0 Å². The van der Waals surface area contributed by atoms with Crippen LogP contribution in [-0.4, -0.2) is 27.3 Å². The summed E-state index contributed by atoms with van der Waals surface area (Å²) in [4.78, 5) is 13.5. The molecule has 3 rings (SSSR count). The molecule has 0 N–H and O–H groups in total. The maximum Gasteiger partial charge on any atom is 0.416 e. The van der Waals surface area contributed by atoms with Gasteiger partial charge in [0.15, 0.2) is 0 Å². The van der Waals surface area contributed by atoms with Crippen molar-refractivity contribution in [2.24, 2.45) is 0 Å². The molecule has 0 bridgehead atoms. The highest BCUT2D eigenvalue weighted by atomic mass is 79.9. The van der Waals surface area contributed by atoms with E-state index in [1.165, 1.54) is 4.90 Å². The van der Waals surface area contributed by atoms with Gasteiger partial charge in [-0.2, -0.15) is 31.4 Å². The fourth-order valence-corrected chi connectivity index (χ4v) is 3.18. The number of amides is 1. The zero-order valence-corrected chi connectivity index (χ0v) is 15.5. The van der Waals surface area contributed by atoms with Crippen molar-refractivity contribution in [2.75, 3.05) is 6.54 Å². The fraction of sp³-hybridized carbons (Fsp3) is 0.375. The van der Waals surface area contributed by atoms with E-state index in [0.717, 1.165) is 0 Å². The number of hydrogen-bond acceptors (Lipinski definition) is 3. The van der Waals surface area contributed by atoms with Gasteiger partial charge < -0.3 is 9.64 Å². The number of hydrogen-bond donors (Lipinski definition) is 0. The standard InChI is InChI=1S/C16H12BrF6N3O2/c17-13-6-12-7-25(1-2-26(12)24-13)14(27)28-8-9-3-10(15(18,19)20)5-11(4-9)16(21,22)23/h3-6H,1-2,7-8H2. The van der Waals surface area contributed by atoms with Crippen molar-refractivity contribution < 1.29 is 35.9 Å². The smallest absolute Gasteiger partial charge is 0.416 e. The number of fused-ring (bicyclic) bond motifs is 1. The Morgan fingerprint density at radius 3 is 2.21 bits per heavy atom. The molecule has 1 aliphatic heterocycles. The van der Waals surface area contributed by atoms with Crippen molar-refractivity contribution in [3.05, 3.63) is 51.3 Å². The van der Waals surface area contributed by atoms with Crippen molar-refractivity contribution in [3.8, 4) is 0 Å². The SMILES string of the molecule is O=C(OCc1cc(C(F)(F)F)cc(C(F)(F)F)c1)N1CCn2nc(Br)cc2C1. The number of alkyl halides is 6. The summed E-state index contributed by atoms with van der Waals surface area (Å²) in [7, 11) is 0. The van der Waals surface area contributed by atoms with Crippen LogP contribution in [0, 0.1) is 0 Å². The minimum Gasteiger partial charge on any atom is -0.445 e. The van der Waals surface area contributed by atoms with E-state index in [1.807, 2.05) is 0 Å². The van der Waals surface area contributed by atoms with E-state index in [1.54, 1.807) is 10.7 Å². The van der Waals surface area contributed by atoms with E-state index in [0.29, 0.717) is 29.0 Å². The summed E-state index contributed by atoms with van der Waals surface area (Å²) in [6, 6.07) is 2.78. The molecule has 1 aromatic carbocycles. The minimum atomic E-state index is -4.96. The highest BCUT2D eigenvalue weighted by Crippen LogP contribution is 2.36. The maximum absolute atomic E-state index is 12.9. The van der Waals surface area contributed by atoms with Crippen LogP contribution < -0.4 is 0 Å². The van der Waals surface area contributed by atoms with Gasteiger partial charge in [-0.05, 0) is 45.8 Å². The summed E-state index contributed by atoms with van der Waals surface area (Å²) < 4.78 is 84.4. The van der Waals surface area contributed by atoms with Gasteiger partial charge in [-0.25, -0.2) is 4.79 Å². The molecular weight excluding hydrogens is 460 g/mol. The Kier molecular flexibility index (Phi) is 5.34. The third-order valence-electron chi connectivity index (χ3n) is 4.04. The number of carbonyl (C=O) groups is 1. The summed E-state index contributed by atoms with van der Waals surface area (Å²) in [5, 5.41) is 4.15. The molecule has 0 fully saturated rings. The molecule has 2 aromatic rings. The van der Waals surface area contributed by atoms with Crippen molar-refractivity contribution >= 4 is 22.0 Å². The summed E-state index contributed by atoms with van der Waals surface area (Å²) in [5.41, 5.74) is -2.60. The lowest BCUT2D eigenvalue weighted by atomic mass is 10.1. The predicted molar refractivity (Wildman–Crippen MR) is 87.0 cm³/mol. The van der Waals surface area contributed by atoms with Gasteiger partial charge in [-0.15, -0.1) is 0 Å². The molecule has 1 aliphatic rings. The number of carbonyl (C=O) groups excluding carboxylic acids is 1. The normalized spacial score (nSPS) is 14.8. The Hall–Kier alpha value is -2.24.